The minimum Gasteiger partial charge on any atom is -0.453 e. The van der Waals surface area contributed by atoms with Gasteiger partial charge in [-0.25, -0.2) is 9.78 Å². The molecule has 2 amide bonds. The van der Waals surface area contributed by atoms with E-state index in [1.165, 1.54) is 25.3 Å². The number of rotatable bonds is 10. The van der Waals surface area contributed by atoms with E-state index < -0.39 is 12.1 Å². The molecule has 3 aliphatic rings. The Balaban J connectivity index is 0.000000259. The molecular weight excluding hydrogens is 727 g/mol. The number of alkyl carbamates (subject to hydrolysis) is 1. The van der Waals surface area contributed by atoms with Gasteiger partial charge in [0.15, 0.2) is 0 Å². The average Bonchev–Trinajstić information content (AvgIpc) is 3.99. The van der Waals surface area contributed by atoms with Crippen LogP contribution in [0.1, 0.15) is 65.4 Å². The predicted molar refractivity (Wildman–Crippen MR) is 226 cm³/mol. The normalized spacial score (nSPS) is 18.2. The first-order valence-electron chi connectivity index (χ1n) is 19.4. The summed E-state index contributed by atoms with van der Waals surface area (Å²) in [5.74, 6) is 8.59. The standard InChI is InChI=1S/C27H29N5OS.C9H17NO.C7H13NO3/c1-28-15-24(30-16-25-18-34-27(32(25)2)9-11-33-12-10-27)8-4-20-3-5-22-14-23(7-6-21(22)13-20)26-17-29-19-31-26;1-8(2)7-9(11)10-5-3-4-6-10;1-5(2)6(4-9)8-7(10)11-3/h3,5-7,13-15,17,19,25,30H,1,9-12,16,18H2,2H3,(H,29,31);8H,3-7H2,1-2H3;4-6H,1-3H3,(H,8,10)/b24-15-;;. The molecule has 3 fully saturated rings. The number of likely N-dealkylation sites (N-methyl/N-ethyl adjacent to an activating group) is 1. The third-order valence-corrected chi connectivity index (χ3v) is 11.9. The highest BCUT2D eigenvalue weighted by molar-refractivity contribution is 8.00. The summed E-state index contributed by atoms with van der Waals surface area (Å²) in [4.78, 5) is 48.3. The SMILES string of the molecule is C=N/C=C(/C#Cc1ccc2cc(-c3cnc[nH]3)ccc2c1)NCC1CSC2(CCOCC2)N1C.CC(C)CC(=O)N1CCCC1.COC(=O)NC(C=O)C(C)C. The van der Waals surface area contributed by atoms with E-state index in [1.54, 1.807) is 12.5 Å². The van der Waals surface area contributed by atoms with E-state index in [-0.39, 0.29) is 10.8 Å². The molecule has 0 radical (unpaired) electrons. The van der Waals surface area contributed by atoms with E-state index in [0.29, 0.717) is 24.2 Å². The Morgan fingerprint density at radius 2 is 1.86 bits per heavy atom. The second-order valence-corrected chi connectivity index (χ2v) is 16.3. The zero-order valence-electron chi connectivity index (χ0n) is 33.8. The molecule has 1 spiro atoms. The Morgan fingerprint density at radius 1 is 1.14 bits per heavy atom. The number of nitrogens with zero attached hydrogens (tertiary/aromatic N) is 4. The number of carbonyl (C=O) groups excluding carboxylic acids is 3. The maximum Gasteiger partial charge on any atom is 0.407 e. The Morgan fingerprint density at radius 3 is 2.48 bits per heavy atom. The van der Waals surface area contributed by atoms with Crippen LogP contribution in [0.25, 0.3) is 22.0 Å². The second-order valence-electron chi connectivity index (χ2n) is 15.0. The fourth-order valence-electron chi connectivity index (χ4n) is 6.66. The van der Waals surface area contributed by atoms with Crippen LogP contribution in [0.5, 0.6) is 0 Å². The molecule has 3 N–H and O–H groups in total. The highest BCUT2D eigenvalue weighted by Crippen LogP contribution is 2.44. The van der Waals surface area contributed by atoms with Crippen LogP contribution >= 0.6 is 11.8 Å². The zero-order chi connectivity index (χ0) is 40.5. The summed E-state index contributed by atoms with van der Waals surface area (Å²) < 4.78 is 9.91. The largest absolute Gasteiger partial charge is 0.453 e. The zero-order valence-corrected chi connectivity index (χ0v) is 34.6. The van der Waals surface area contributed by atoms with Crippen molar-refractivity contribution in [2.45, 2.75) is 76.8 Å². The van der Waals surface area contributed by atoms with Crippen molar-refractivity contribution < 1.29 is 23.9 Å². The molecule has 6 rings (SSSR count). The number of amides is 2. The molecule has 3 aliphatic heterocycles. The highest BCUT2D eigenvalue weighted by atomic mass is 32.2. The van der Waals surface area contributed by atoms with Crippen LogP contribution in [-0.4, -0.2) is 114 Å². The molecule has 2 unspecified atom stereocenters. The third-order valence-electron chi connectivity index (χ3n) is 10.1. The first-order chi connectivity index (χ1) is 27.0. The van der Waals surface area contributed by atoms with Crippen LogP contribution in [-0.2, 0) is 19.1 Å². The quantitative estimate of drug-likeness (QED) is 0.120. The van der Waals surface area contributed by atoms with E-state index in [2.05, 4.69) is 123 Å². The first-order valence-corrected chi connectivity index (χ1v) is 20.4. The molecule has 4 heterocycles. The topological polar surface area (TPSA) is 141 Å². The molecule has 2 atom stereocenters. The van der Waals surface area contributed by atoms with Crippen LogP contribution in [0.15, 0.2) is 65.8 Å². The molecule has 1 aromatic heterocycles. The van der Waals surface area contributed by atoms with Gasteiger partial charge < -0.3 is 34.8 Å². The number of nitrogens with one attached hydrogen (secondary N) is 3. The number of aldehydes is 1. The van der Waals surface area contributed by atoms with Crippen molar-refractivity contribution in [3.05, 3.63) is 66.4 Å². The maximum absolute atomic E-state index is 11.4. The van der Waals surface area contributed by atoms with Gasteiger partial charge >= 0.3 is 6.09 Å². The van der Waals surface area contributed by atoms with E-state index in [4.69, 9.17) is 4.74 Å². The number of hydrogen-bond donors (Lipinski definition) is 3. The number of fused-ring (bicyclic) bond motifs is 1. The molecule has 2 aromatic carbocycles. The third kappa shape index (κ3) is 13.0. The van der Waals surface area contributed by atoms with Gasteiger partial charge in [0.25, 0.3) is 0 Å². The molecule has 0 bridgehead atoms. The monoisotopic (exact) mass is 785 g/mol. The summed E-state index contributed by atoms with van der Waals surface area (Å²) in [7, 11) is 3.50. The summed E-state index contributed by atoms with van der Waals surface area (Å²) in [5, 5.41) is 8.21. The van der Waals surface area contributed by atoms with Crippen molar-refractivity contribution in [3.63, 3.8) is 0 Å². The van der Waals surface area contributed by atoms with Gasteiger partial charge in [0.2, 0.25) is 5.91 Å². The van der Waals surface area contributed by atoms with Gasteiger partial charge in [-0.3, -0.25) is 14.7 Å². The molecular formula is C43H59N7O5S. The van der Waals surface area contributed by atoms with Crippen LogP contribution in [0, 0.1) is 23.7 Å². The number of carbonyl (C=O) groups is 3. The Kier molecular flexibility index (Phi) is 17.5. The number of aliphatic imine (C=N–C) groups is 1. The van der Waals surface area contributed by atoms with Crippen LogP contribution in [0.2, 0.25) is 0 Å². The second kappa shape index (κ2) is 22.2. The lowest BCUT2D eigenvalue weighted by Crippen LogP contribution is -2.49. The summed E-state index contributed by atoms with van der Waals surface area (Å²) in [6, 6.07) is 12.7. The number of benzene rings is 2. The minimum absolute atomic E-state index is 0.0894. The Hall–Kier alpha value is -4.64. The summed E-state index contributed by atoms with van der Waals surface area (Å²) in [5.41, 5.74) is 3.88. The molecule has 13 heteroatoms. The number of aromatic nitrogens is 2. The number of likely N-dealkylation sites (tertiary alicyclic amines) is 1. The Bertz CT molecular complexity index is 1820. The summed E-state index contributed by atoms with van der Waals surface area (Å²) in [6.45, 7) is 16.0. The molecule has 0 saturated carbocycles. The number of allylic oxidation sites excluding steroid dienone is 1. The lowest BCUT2D eigenvalue weighted by molar-refractivity contribution is -0.130. The number of imidazole rings is 1. The smallest absolute Gasteiger partial charge is 0.407 e. The van der Waals surface area contributed by atoms with Gasteiger partial charge in [-0.1, -0.05) is 51.8 Å². The van der Waals surface area contributed by atoms with Gasteiger partial charge in [0.05, 0.1) is 42.4 Å². The minimum atomic E-state index is -0.573. The first kappa shape index (κ1) is 44.1. The van der Waals surface area contributed by atoms with Gasteiger partial charge in [0, 0.05) is 62.2 Å². The van der Waals surface area contributed by atoms with E-state index >= 15 is 0 Å². The fourth-order valence-corrected chi connectivity index (χ4v) is 8.32. The van der Waals surface area contributed by atoms with Crippen molar-refractivity contribution >= 4 is 47.5 Å². The van der Waals surface area contributed by atoms with Gasteiger partial charge in [-0.05, 0) is 86.2 Å². The summed E-state index contributed by atoms with van der Waals surface area (Å²) in [6.07, 6.45) is 10.7. The number of H-pyrrole nitrogens is 1. The number of thioether (sulfide) groups is 1. The number of methoxy groups -OCH3 is 1. The number of aromatic amines is 1. The fraction of sp³-hybridized carbons (Fsp3) is 0.512. The van der Waals surface area contributed by atoms with Crippen LogP contribution in [0.3, 0.4) is 0 Å². The maximum atomic E-state index is 11.4. The molecule has 0 aliphatic carbocycles. The van der Waals surface area contributed by atoms with Crippen LogP contribution in [0.4, 0.5) is 4.79 Å². The molecule has 302 valence electrons. The highest BCUT2D eigenvalue weighted by Gasteiger charge is 2.45. The Labute approximate surface area is 336 Å². The van der Waals surface area contributed by atoms with E-state index in [1.807, 2.05) is 24.9 Å². The number of hydrogen-bond acceptors (Lipinski definition) is 10. The molecule has 56 heavy (non-hydrogen) atoms. The number of ether oxygens (including phenoxy) is 2. The van der Waals surface area contributed by atoms with E-state index in [0.717, 1.165) is 85.8 Å². The predicted octanol–water partition coefficient (Wildman–Crippen LogP) is 6.49. The molecule has 3 aromatic rings. The van der Waals surface area contributed by atoms with Crippen molar-refractivity contribution in [1.29, 1.82) is 0 Å². The van der Waals surface area contributed by atoms with Crippen molar-refractivity contribution in [1.82, 2.24) is 30.4 Å². The van der Waals surface area contributed by atoms with Crippen molar-refractivity contribution in [2.24, 2.45) is 16.8 Å². The average molecular weight is 786 g/mol. The van der Waals surface area contributed by atoms with Crippen LogP contribution < -0.4 is 10.6 Å². The molecule has 12 nitrogen and oxygen atoms in total. The van der Waals surface area contributed by atoms with Gasteiger partial charge in [-0.15, -0.1) is 11.8 Å². The van der Waals surface area contributed by atoms with Crippen molar-refractivity contribution in [3.8, 4) is 23.1 Å². The van der Waals surface area contributed by atoms with Crippen molar-refractivity contribution in [2.75, 3.05) is 52.8 Å². The molecule has 3 saturated heterocycles. The van der Waals surface area contributed by atoms with E-state index in [9.17, 15) is 14.4 Å². The summed E-state index contributed by atoms with van der Waals surface area (Å²) >= 11 is 2.07. The van der Waals surface area contributed by atoms with Gasteiger partial charge in [-0.2, -0.15) is 0 Å². The lowest BCUT2D eigenvalue weighted by atomic mass is 10.0. The van der Waals surface area contributed by atoms with Gasteiger partial charge in [0.1, 0.15) is 12.0 Å². The lowest BCUT2D eigenvalue weighted by Gasteiger charge is -2.40.